The van der Waals surface area contributed by atoms with E-state index in [1.165, 1.54) is 12.1 Å². The second-order valence-electron chi connectivity index (χ2n) is 2.96. The second kappa shape index (κ2) is 2.31. The maximum absolute atomic E-state index is 12.4. The Labute approximate surface area is 64.5 Å². The molecule has 58 valence electrons. The highest BCUT2D eigenvalue weighted by molar-refractivity contribution is 5.26. The molecule has 2 rings (SSSR count). The lowest BCUT2D eigenvalue weighted by molar-refractivity contribution is 0.271. The average molecular weight is 152 g/mol. The smallest absolute Gasteiger partial charge is 0.123 e. The molecule has 0 saturated heterocycles. The molecule has 1 aromatic carbocycles. The van der Waals surface area contributed by atoms with Crippen LogP contribution in [0.1, 0.15) is 17.9 Å². The lowest BCUT2D eigenvalue weighted by atomic mass is 10.1. The van der Waals surface area contributed by atoms with E-state index in [9.17, 15) is 4.39 Å². The van der Waals surface area contributed by atoms with E-state index in [2.05, 4.69) is 0 Å². The summed E-state index contributed by atoms with van der Waals surface area (Å²) in [5, 5.41) is 9.06. The van der Waals surface area contributed by atoms with Crippen molar-refractivity contribution in [2.45, 2.75) is 18.4 Å². The van der Waals surface area contributed by atoms with E-state index < -0.39 is 0 Å². The molecule has 0 aromatic heterocycles. The minimum absolute atomic E-state index is 0.194. The monoisotopic (exact) mass is 152 g/mol. The summed E-state index contributed by atoms with van der Waals surface area (Å²) >= 11 is 0. The minimum atomic E-state index is -0.219. The van der Waals surface area contributed by atoms with Gasteiger partial charge in [0.1, 0.15) is 5.82 Å². The summed E-state index contributed by atoms with van der Waals surface area (Å²) in [4.78, 5) is 0. The zero-order chi connectivity index (χ0) is 7.84. The fourth-order valence-corrected chi connectivity index (χ4v) is 1.25. The van der Waals surface area contributed by atoms with Crippen LogP contribution in [-0.2, 0) is 0 Å². The molecule has 0 spiro atoms. The van der Waals surface area contributed by atoms with Crippen LogP contribution in [0.15, 0.2) is 24.3 Å². The van der Waals surface area contributed by atoms with Crippen LogP contribution in [0.5, 0.6) is 0 Å². The van der Waals surface area contributed by atoms with Crippen molar-refractivity contribution in [1.29, 1.82) is 0 Å². The van der Waals surface area contributed by atoms with E-state index >= 15 is 0 Å². The van der Waals surface area contributed by atoms with Gasteiger partial charge >= 0.3 is 0 Å². The normalized spacial score (nSPS) is 28.5. The first-order valence-electron chi connectivity index (χ1n) is 3.71. The molecule has 11 heavy (non-hydrogen) atoms. The molecule has 0 radical (unpaired) electrons. The largest absolute Gasteiger partial charge is 0.392 e. The molecule has 0 unspecified atom stereocenters. The van der Waals surface area contributed by atoms with Crippen LogP contribution in [0, 0.1) is 5.82 Å². The molecule has 0 heterocycles. The van der Waals surface area contributed by atoms with Gasteiger partial charge in [0, 0.05) is 5.92 Å². The summed E-state index contributed by atoms with van der Waals surface area (Å²) in [6.07, 6.45) is 0.631. The first-order valence-corrected chi connectivity index (χ1v) is 3.71. The molecule has 1 aliphatic rings. The van der Waals surface area contributed by atoms with Crippen molar-refractivity contribution >= 4 is 0 Å². The van der Waals surface area contributed by atoms with Crippen LogP contribution in [0.25, 0.3) is 0 Å². The van der Waals surface area contributed by atoms with Gasteiger partial charge in [0.2, 0.25) is 0 Å². The molecule has 1 nitrogen and oxygen atoms in total. The maximum atomic E-state index is 12.4. The van der Waals surface area contributed by atoms with Crippen LogP contribution in [0.4, 0.5) is 4.39 Å². The Morgan fingerprint density at radius 1 is 1.27 bits per heavy atom. The maximum Gasteiger partial charge on any atom is 0.123 e. The average Bonchev–Trinajstić information content (AvgIpc) is 2.69. The summed E-state index contributed by atoms with van der Waals surface area (Å²) < 4.78 is 12.4. The highest BCUT2D eigenvalue weighted by Crippen LogP contribution is 2.40. The molecule has 1 aliphatic carbocycles. The van der Waals surface area contributed by atoms with Gasteiger partial charge in [0.05, 0.1) is 6.10 Å². The zero-order valence-electron chi connectivity index (χ0n) is 6.00. The van der Waals surface area contributed by atoms with Crippen molar-refractivity contribution in [3.8, 4) is 0 Å². The van der Waals surface area contributed by atoms with Gasteiger partial charge in [-0.15, -0.1) is 0 Å². The van der Waals surface area contributed by atoms with Gasteiger partial charge in [-0.2, -0.15) is 0 Å². The van der Waals surface area contributed by atoms with Gasteiger partial charge in [-0.3, -0.25) is 0 Å². The topological polar surface area (TPSA) is 20.2 Å². The van der Waals surface area contributed by atoms with Crippen LogP contribution in [0.2, 0.25) is 0 Å². The number of benzene rings is 1. The van der Waals surface area contributed by atoms with Gasteiger partial charge in [-0.05, 0) is 24.1 Å². The highest BCUT2D eigenvalue weighted by Gasteiger charge is 2.36. The summed E-state index contributed by atoms with van der Waals surface area (Å²) in [5.74, 6) is 0.0412. The third-order valence-electron chi connectivity index (χ3n) is 2.05. The van der Waals surface area contributed by atoms with Crippen LogP contribution in [-0.4, -0.2) is 11.2 Å². The fourth-order valence-electron chi connectivity index (χ4n) is 1.25. The third kappa shape index (κ3) is 1.26. The lowest BCUT2D eigenvalue weighted by Gasteiger charge is -1.95. The molecular weight excluding hydrogens is 143 g/mol. The predicted molar refractivity (Wildman–Crippen MR) is 39.8 cm³/mol. The Kier molecular flexibility index (Phi) is 1.43. The van der Waals surface area contributed by atoms with Crippen molar-refractivity contribution in [3.05, 3.63) is 35.6 Å². The SMILES string of the molecule is O[C@@H]1C[C@H]1c1ccc(F)cc1. The van der Waals surface area contributed by atoms with E-state index in [0.29, 0.717) is 0 Å². The fraction of sp³-hybridized carbons (Fsp3) is 0.333. The van der Waals surface area contributed by atoms with Gasteiger partial charge in [-0.25, -0.2) is 4.39 Å². The number of aliphatic hydroxyl groups excluding tert-OH is 1. The van der Waals surface area contributed by atoms with Crippen molar-refractivity contribution < 1.29 is 9.50 Å². The summed E-state index contributed by atoms with van der Waals surface area (Å²) in [7, 11) is 0. The van der Waals surface area contributed by atoms with Crippen LogP contribution >= 0.6 is 0 Å². The Bertz CT molecular complexity index is 255. The van der Waals surface area contributed by atoms with E-state index in [1.54, 1.807) is 12.1 Å². The summed E-state index contributed by atoms with van der Waals surface area (Å²) in [6.45, 7) is 0. The van der Waals surface area contributed by atoms with Crippen LogP contribution in [0.3, 0.4) is 0 Å². The molecule has 2 heteroatoms. The molecule has 0 amide bonds. The minimum Gasteiger partial charge on any atom is -0.392 e. The lowest BCUT2D eigenvalue weighted by Crippen LogP contribution is -1.85. The molecule has 1 N–H and O–H groups in total. The standard InChI is InChI=1S/C9H9FO/c10-7-3-1-6(2-4-7)8-5-9(8)11/h1-4,8-9,11H,5H2/t8-,9+/m0/s1. The predicted octanol–water partition coefficient (Wildman–Crippen LogP) is 1.67. The van der Waals surface area contributed by atoms with E-state index in [1.807, 2.05) is 0 Å². The van der Waals surface area contributed by atoms with Crippen molar-refractivity contribution in [2.75, 3.05) is 0 Å². The summed E-state index contributed by atoms with van der Waals surface area (Å²) in [5.41, 5.74) is 1.04. The molecule has 0 aliphatic heterocycles. The second-order valence-corrected chi connectivity index (χ2v) is 2.96. The van der Waals surface area contributed by atoms with E-state index in [4.69, 9.17) is 5.11 Å². The van der Waals surface area contributed by atoms with Gasteiger partial charge in [-0.1, -0.05) is 12.1 Å². The summed E-state index contributed by atoms with van der Waals surface area (Å²) in [6, 6.07) is 6.33. The molecule has 1 aromatic rings. The quantitative estimate of drug-likeness (QED) is 0.649. The van der Waals surface area contributed by atoms with Gasteiger partial charge < -0.3 is 5.11 Å². The number of hydrogen-bond acceptors (Lipinski definition) is 1. The Morgan fingerprint density at radius 2 is 1.82 bits per heavy atom. The number of hydrogen-bond donors (Lipinski definition) is 1. The number of aliphatic hydroxyl groups is 1. The Balaban J connectivity index is 2.21. The third-order valence-corrected chi connectivity index (χ3v) is 2.05. The molecule has 1 fully saturated rings. The van der Waals surface area contributed by atoms with E-state index in [0.717, 1.165) is 12.0 Å². The van der Waals surface area contributed by atoms with Crippen molar-refractivity contribution in [2.24, 2.45) is 0 Å². The molecule has 1 saturated carbocycles. The first-order chi connectivity index (χ1) is 5.27. The van der Waals surface area contributed by atoms with Gasteiger partial charge in [0.15, 0.2) is 0 Å². The van der Waals surface area contributed by atoms with Crippen LogP contribution < -0.4 is 0 Å². The van der Waals surface area contributed by atoms with Crippen molar-refractivity contribution in [3.63, 3.8) is 0 Å². The zero-order valence-corrected chi connectivity index (χ0v) is 6.00. The first kappa shape index (κ1) is 6.80. The Morgan fingerprint density at radius 3 is 2.27 bits per heavy atom. The molecule has 2 atom stereocenters. The highest BCUT2D eigenvalue weighted by atomic mass is 19.1. The van der Waals surface area contributed by atoms with Crippen molar-refractivity contribution in [1.82, 2.24) is 0 Å². The molecule has 0 bridgehead atoms. The number of halogens is 1. The van der Waals surface area contributed by atoms with Gasteiger partial charge in [0.25, 0.3) is 0 Å². The molecular formula is C9H9FO. The van der Waals surface area contributed by atoms with E-state index in [-0.39, 0.29) is 17.8 Å². The Hall–Kier alpha value is -0.890. The number of rotatable bonds is 1.